The average molecular weight is 324 g/mol. The van der Waals surface area contributed by atoms with Crippen LogP contribution in [-0.4, -0.2) is 11.1 Å². The van der Waals surface area contributed by atoms with Gasteiger partial charge in [-0.25, -0.2) is 4.79 Å². The number of carbonyl (C=O) groups is 1. The van der Waals surface area contributed by atoms with E-state index in [1.54, 1.807) is 6.92 Å². The molecule has 0 aliphatic carbocycles. The molecule has 0 radical (unpaired) electrons. The molecule has 0 aromatic heterocycles. The maximum atomic E-state index is 11.7. The van der Waals surface area contributed by atoms with Gasteiger partial charge in [0.05, 0.1) is 6.61 Å². The molecule has 0 saturated heterocycles. The number of hydrogen-bond acceptors (Lipinski definition) is 3. The van der Waals surface area contributed by atoms with Crippen LogP contribution >= 0.6 is 0 Å². The van der Waals surface area contributed by atoms with E-state index < -0.39 is 0 Å². The molecule has 24 heavy (non-hydrogen) atoms. The highest BCUT2D eigenvalue weighted by molar-refractivity contribution is 5.87. The van der Waals surface area contributed by atoms with Crippen LogP contribution in [0.5, 0.6) is 0 Å². The lowest BCUT2D eigenvalue weighted by Crippen LogP contribution is -2.06. The summed E-state index contributed by atoms with van der Waals surface area (Å²) in [5.41, 5.74) is 5.55. The minimum absolute atomic E-state index is 0.0266. The van der Waals surface area contributed by atoms with Crippen molar-refractivity contribution in [1.29, 1.82) is 0 Å². The standard InChI is InChI=1S/C21H24O3/c1-4-5-16-8-11-20(18-9-6-17(13-22)7-10-18)19(12-16)14-24-21(23)15(2)3/h6-12,22H,2,4-5,13-14H2,1,3H3. The Kier molecular flexibility index (Phi) is 6.33. The van der Waals surface area contributed by atoms with Crippen molar-refractivity contribution in [2.45, 2.75) is 39.9 Å². The van der Waals surface area contributed by atoms with Gasteiger partial charge in [-0.2, -0.15) is 0 Å². The normalized spacial score (nSPS) is 10.5. The number of aryl methyl sites for hydroxylation is 1. The molecule has 0 spiro atoms. The third-order valence-corrected chi connectivity index (χ3v) is 3.86. The summed E-state index contributed by atoms with van der Waals surface area (Å²) in [5.74, 6) is -0.377. The molecule has 3 heteroatoms. The maximum Gasteiger partial charge on any atom is 0.333 e. The van der Waals surface area contributed by atoms with Crippen LogP contribution in [0.4, 0.5) is 0 Å². The zero-order valence-corrected chi connectivity index (χ0v) is 14.3. The molecule has 2 rings (SSSR count). The summed E-state index contributed by atoms with van der Waals surface area (Å²) in [4.78, 5) is 11.7. The Morgan fingerprint density at radius 1 is 1.12 bits per heavy atom. The molecule has 0 fully saturated rings. The molecule has 2 aromatic carbocycles. The molecule has 0 aliphatic heterocycles. The monoisotopic (exact) mass is 324 g/mol. The summed E-state index contributed by atoms with van der Waals surface area (Å²) in [7, 11) is 0. The van der Waals surface area contributed by atoms with E-state index in [2.05, 4.69) is 31.7 Å². The van der Waals surface area contributed by atoms with Gasteiger partial charge < -0.3 is 9.84 Å². The fraction of sp³-hybridized carbons (Fsp3) is 0.286. The average Bonchev–Trinajstić information content (AvgIpc) is 2.60. The smallest absolute Gasteiger partial charge is 0.333 e. The van der Waals surface area contributed by atoms with Gasteiger partial charge in [-0.15, -0.1) is 0 Å². The van der Waals surface area contributed by atoms with Crippen LogP contribution in [0, 0.1) is 0 Å². The largest absolute Gasteiger partial charge is 0.457 e. The minimum Gasteiger partial charge on any atom is -0.457 e. The van der Waals surface area contributed by atoms with Gasteiger partial charge in [-0.1, -0.05) is 62.4 Å². The second kappa shape index (κ2) is 8.46. The Balaban J connectivity index is 2.33. The van der Waals surface area contributed by atoms with Gasteiger partial charge >= 0.3 is 5.97 Å². The highest BCUT2D eigenvalue weighted by Crippen LogP contribution is 2.27. The molecule has 126 valence electrons. The Morgan fingerprint density at radius 3 is 2.38 bits per heavy atom. The summed E-state index contributed by atoms with van der Waals surface area (Å²) < 4.78 is 5.35. The summed E-state index contributed by atoms with van der Waals surface area (Å²) in [5, 5.41) is 9.18. The first-order valence-electron chi connectivity index (χ1n) is 8.19. The summed E-state index contributed by atoms with van der Waals surface area (Å²) in [6, 6.07) is 14.0. The van der Waals surface area contributed by atoms with Gasteiger partial charge in [0.2, 0.25) is 0 Å². The van der Waals surface area contributed by atoms with Crippen LogP contribution in [0.3, 0.4) is 0 Å². The number of rotatable bonds is 7. The second-order valence-corrected chi connectivity index (χ2v) is 5.95. The second-order valence-electron chi connectivity index (χ2n) is 5.95. The van der Waals surface area contributed by atoms with Crippen molar-refractivity contribution < 1.29 is 14.6 Å². The Bertz CT molecular complexity index is 714. The molecule has 0 amide bonds. The topological polar surface area (TPSA) is 46.5 Å². The van der Waals surface area contributed by atoms with Crippen molar-refractivity contribution in [3.63, 3.8) is 0 Å². The number of hydrogen-bond donors (Lipinski definition) is 1. The zero-order valence-electron chi connectivity index (χ0n) is 14.3. The van der Waals surface area contributed by atoms with E-state index in [9.17, 15) is 9.90 Å². The van der Waals surface area contributed by atoms with Crippen LogP contribution in [0.2, 0.25) is 0 Å². The van der Waals surface area contributed by atoms with Crippen molar-refractivity contribution in [2.75, 3.05) is 0 Å². The lowest BCUT2D eigenvalue weighted by molar-refractivity contribution is -0.140. The molecule has 0 bridgehead atoms. The van der Waals surface area contributed by atoms with Crippen LogP contribution in [-0.2, 0) is 29.2 Å². The van der Waals surface area contributed by atoms with Gasteiger partial charge in [0, 0.05) is 5.57 Å². The summed E-state index contributed by atoms with van der Waals surface area (Å²) in [6.45, 7) is 7.65. The van der Waals surface area contributed by atoms with Crippen LogP contribution in [0.25, 0.3) is 11.1 Å². The number of benzene rings is 2. The van der Waals surface area contributed by atoms with Crippen molar-refractivity contribution >= 4 is 5.97 Å². The predicted octanol–water partition coefficient (Wildman–Crippen LogP) is 4.42. The lowest BCUT2D eigenvalue weighted by Gasteiger charge is -2.13. The van der Waals surface area contributed by atoms with E-state index >= 15 is 0 Å². The molecule has 0 unspecified atom stereocenters. The first-order valence-corrected chi connectivity index (χ1v) is 8.19. The van der Waals surface area contributed by atoms with Gasteiger partial charge in [-0.3, -0.25) is 0 Å². The molecule has 0 atom stereocenters. The molecular formula is C21H24O3. The van der Waals surface area contributed by atoms with Crippen molar-refractivity contribution in [2.24, 2.45) is 0 Å². The molecule has 0 heterocycles. The fourth-order valence-corrected chi connectivity index (χ4v) is 2.55. The molecule has 1 N–H and O–H groups in total. The minimum atomic E-state index is -0.377. The van der Waals surface area contributed by atoms with Gasteiger partial charge in [-0.05, 0) is 41.2 Å². The number of esters is 1. The lowest BCUT2D eigenvalue weighted by atomic mass is 9.96. The van der Waals surface area contributed by atoms with Crippen molar-refractivity contribution in [3.05, 3.63) is 71.3 Å². The highest BCUT2D eigenvalue weighted by Gasteiger charge is 2.10. The number of ether oxygens (including phenoxy) is 1. The SMILES string of the molecule is C=C(C)C(=O)OCc1cc(CCC)ccc1-c1ccc(CO)cc1. The maximum absolute atomic E-state index is 11.7. The zero-order chi connectivity index (χ0) is 17.5. The fourth-order valence-electron chi connectivity index (χ4n) is 2.55. The number of aliphatic hydroxyl groups excluding tert-OH is 1. The first-order chi connectivity index (χ1) is 11.5. The van der Waals surface area contributed by atoms with Crippen LogP contribution in [0.1, 0.15) is 37.0 Å². The molecule has 2 aromatic rings. The molecule has 3 nitrogen and oxygen atoms in total. The Morgan fingerprint density at radius 2 is 1.79 bits per heavy atom. The quantitative estimate of drug-likeness (QED) is 0.606. The molecule has 0 saturated carbocycles. The summed E-state index contributed by atoms with van der Waals surface area (Å²) in [6.07, 6.45) is 2.06. The van der Waals surface area contributed by atoms with Crippen molar-refractivity contribution in [3.8, 4) is 11.1 Å². The third kappa shape index (κ3) is 4.56. The van der Waals surface area contributed by atoms with Gasteiger partial charge in [0.25, 0.3) is 0 Å². The Labute approximate surface area is 143 Å². The number of carbonyl (C=O) groups excluding carboxylic acids is 1. The van der Waals surface area contributed by atoms with Gasteiger partial charge in [0.1, 0.15) is 6.61 Å². The summed E-state index contributed by atoms with van der Waals surface area (Å²) >= 11 is 0. The highest BCUT2D eigenvalue weighted by atomic mass is 16.5. The van der Waals surface area contributed by atoms with Crippen molar-refractivity contribution in [1.82, 2.24) is 0 Å². The van der Waals surface area contributed by atoms with E-state index in [0.29, 0.717) is 5.57 Å². The van der Waals surface area contributed by atoms with Crippen LogP contribution in [0.15, 0.2) is 54.6 Å². The van der Waals surface area contributed by atoms with E-state index in [1.807, 2.05) is 24.3 Å². The van der Waals surface area contributed by atoms with E-state index in [4.69, 9.17) is 4.74 Å². The molecule has 0 aliphatic rings. The van der Waals surface area contributed by atoms with E-state index in [1.165, 1.54) is 5.56 Å². The van der Waals surface area contributed by atoms with E-state index in [-0.39, 0.29) is 19.2 Å². The first kappa shape index (κ1) is 18.0. The number of aliphatic hydroxyl groups is 1. The predicted molar refractivity (Wildman–Crippen MR) is 96.4 cm³/mol. The third-order valence-electron chi connectivity index (χ3n) is 3.86. The molecular weight excluding hydrogens is 300 g/mol. The van der Waals surface area contributed by atoms with E-state index in [0.717, 1.165) is 35.1 Å². The Hall–Kier alpha value is -2.39. The van der Waals surface area contributed by atoms with Gasteiger partial charge in [0.15, 0.2) is 0 Å². The van der Waals surface area contributed by atoms with Crippen LogP contribution < -0.4 is 0 Å².